The van der Waals surface area contributed by atoms with Crippen molar-refractivity contribution in [3.63, 3.8) is 0 Å². The first-order valence-electron chi connectivity index (χ1n) is 9.45. The van der Waals surface area contributed by atoms with E-state index in [4.69, 9.17) is 2.74 Å². The van der Waals surface area contributed by atoms with Gasteiger partial charge in [0.2, 0.25) is 0 Å². The minimum Gasteiger partial charge on any atom is -0.314 e. The molecule has 116 valence electrons. The highest BCUT2D eigenvalue weighted by Gasteiger charge is 2.44. The molecule has 20 heavy (non-hydrogen) atoms. The third-order valence-electron chi connectivity index (χ3n) is 5.42. The molecule has 0 radical (unpaired) electrons. The monoisotopic (exact) mass is 282 g/mol. The molecule has 3 saturated heterocycles. The van der Waals surface area contributed by atoms with Crippen LogP contribution in [-0.4, -0.2) is 37.8 Å². The van der Waals surface area contributed by atoms with Crippen molar-refractivity contribution in [2.24, 2.45) is 11.3 Å². The Morgan fingerprint density at radius 1 is 1.25 bits per heavy atom. The molecule has 4 heteroatoms. The summed E-state index contributed by atoms with van der Waals surface area (Å²) in [5.41, 5.74) is 7.14. The molecule has 0 aromatic rings. The van der Waals surface area contributed by atoms with Crippen molar-refractivity contribution in [3.05, 3.63) is 0 Å². The van der Waals surface area contributed by atoms with Gasteiger partial charge in [0.1, 0.15) is 0 Å². The lowest BCUT2D eigenvalue weighted by molar-refractivity contribution is 0.112. The Labute approximate surface area is 126 Å². The van der Waals surface area contributed by atoms with E-state index in [-0.39, 0.29) is 24.1 Å². The molecule has 0 saturated carbocycles. The zero-order chi connectivity index (χ0) is 15.7. The van der Waals surface area contributed by atoms with Crippen molar-refractivity contribution < 1.29 is 2.74 Å². The first kappa shape index (κ1) is 12.4. The molecule has 3 rings (SSSR count). The molecule has 3 aliphatic rings. The summed E-state index contributed by atoms with van der Waals surface area (Å²) in [5, 5.41) is 7.32. The summed E-state index contributed by atoms with van der Waals surface area (Å²) in [6, 6.07) is 1.36. The smallest absolute Gasteiger partial charge is 0.0433 e. The number of hydrogen-bond acceptors (Lipinski definition) is 4. The van der Waals surface area contributed by atoms with Crippen LogP contribution in [0.4, 0.5) is 0 Å². The van der Waals surface area contributed by atoms with Gasteiger partial charge in [-0.1, -0.05) is 26.7 Å². The Bertz CT molecular complexity index is 383. The number of hydrazine groups is 1. The van der Waals surface area contributed by atoms with Gasteiger partial charge in [0, 0.05) is 27.4 Å². The van der Waals surface area contributed by atoms with Crippen LogP contribution in [0.3, 0.4) is 0 Å². The van der Waals surface area contributed by atoms with E-state index in [0.717, 1.165) is 38.9 Å². The summed E-state index contributed by atoms with van der Waals surface area (Å²) in [4.78, 5) is 0. The van der Waals surface area contributed by atoms with Crippen LogP contribution in [-0.2, 0) is 0 Å². The predicted octanol–water partition coefficient (Wildman–Crippen LogP) is 1.39. The fraction of sp³-hybridized carbons (Fsp3) is 1.00. The van der Waals surface area contributed by atoms with Crippen LogP contribution in [0.15, 0.2) is 0 Å². The molecule has 0 aliphatic carbocycles. The van der Waals surface area contributed by atoms with E-state index in [2.05, 4.69) is 35.3 Å². The maximum absolute atomic E-state index is 8.34. The fourth-order valence-corrected chi connectivity index (χ4v) is 4.16. The second kappa shape index (κ2) is 6.30. The molecule has 4 nitrogen and oxygen atoms in total. The van der Waals surface area contributed by atoms with Crippen LogP contribution in [0.5, 0.6) is 0 Å². The summed E-state index contributed by atoms with van der Waals surface area (Å²) in [6.07, 6.45) is 3.68. The van der Waals surface area contributed by atoms with Gasteiger partial charge in [-0.15, -0.1) is 0 Å². The van der Waals surface area contributed by atoms with Gasteiger partial charge in [0.25, 0.3) is 0 Å². The Morgan fingerprint density at radius 2 is 2.15 bits per heavy atom. The highest BCUT2D eigenvalue weighted by Crippen LogP contribution is 2.38. The molecule has 3 aliphatic heterocycles. The van der Waals surface area contributed by atoms with Crippen LogP contribution in [0, 0.1) is 11.3 Å². The van der Waals surface area contributed by atoms with E-state index >= 15 is 0 Å². The van der Waals surface area contributed by atoms with Gasteiger partial charge in [-0.25, -0.2) is 0 Å². The second-order valence-corrected chi connectivity index (χ2v) is 7.26. The zero-order valence-electron chi connectivity index (χ0n) is 14.9. The van der Waals surface area contributed by atoms with Crippen molar-refractivity contribution >= 4 is 0 Å². The second-order valence-electron chi connectivity index (χ2n) is 7.26. The van der Waals surface area contributed by atoms with E-state index < -0.39 is 0 Å². The van der Waals surface area contributed by atoms with E-state index in [1.165, 1.54) is 6.42 Å². The normalized spacial score (nSPS) is 55.9. The van der Waals surface area contributed by atoms with Gasteiger partial charge in [-0.3, -0.25) is 10.9 Å². The number of hydrogen-bond donors (Lipinski definition) is 4. The van der Waals surface area contributed by atoms with Gasteiger partial charge in [0.05, 0.1) is 0 Å². The van der Waals surface area contributed by atoms with Crippen LogP contribution in [0.1, 0.15) is 55.1 Å². The molecule has 3 heterocycles. The fourth-order valence-electron chi connectivity index (χ4n) is 4.16. The first-order valence-corrected chi connectivity index (χ1v) is 8.29. The largest absolute Gasteiger partial charge is 0.314 e. The van der Waals surface area contributed by atoms with E-state index in [1.807, 2.05) is 0 Å². The highest BCUT2D eigenvalue weighted by molar-refractivity contribution is 5.02. The molecule has 3 fully saturated rings. The molecule has 0 spiro atoms. The summed E-state index contributed by atoms with van der Waals surface area (Å²) >= 11 is 0. The van der Waals surface area contributed by atoms with E-state index in [1.54, 1.807) is 0 Å². The Morgan fingerprint density at radius 3 is 3.05 bits per heavy atom. The van der Waals surface area contributed by atoms with Crippen LogP contribution in [0.2, 0.25) is 0 Å². The van der Waals surface area contributed by atoms with Gasteiger partial charge in [0.15, 0.2) is 0 Å². The number of nitrogens with one attached hydrogen (secondary N) is 4. The summed E-state index contributed by atoms with van der Waals surface area (Å²) in [7, 11) is 0. The zero-order valence-corrected chi connectivity index (χ0v) is 12.9. The van der Waals surface area contributed by atoms with E-state index in [9.17, 15) is 0 Å². The van der Waals surface area contributed by atoms with Crippen molar-refractivity contribution in [3.8, 4) is 0 Å². The summed E-state index contributed by atoms with van der Waals surface area (Å²) < 4.78 is 16.6. The molecule has 4 N–H and O–H groups in total. The third-order valence-corrected chi connectivity index (χ3v) is 5.42. The SMILES string of the molecule is [2H]C1CCC2CC(C)(CCN2)C2NNCC2NCC(C)C1[2H]. The van der Waals surface area contributed by atoms with Gasteiger partial charge in [-0.05, 0) is 50.1 Å². The molecule has 0 amide bonds. The Kier molecular flexibility index (Phi) is 3.91. The standard InChI is InChI=1S/C16H32N4/c1-12-5-3-4-6-13-9-16(2,7-8-17-13)15-14(18-10-12)11-19-20-15/h12-15,17-20H,3-11H2,1-2H3/i3D,5D. The summed E-state index contributed by atoms with van der Waals surface area (Å²) in [6.45, 7) is 7.38. The van der Waals surface area contributed by atoms with Crippen molar-refractivity contribution in [1.82, 2.24) is 21.5 Å². The number of piperidine rings is 1. The molecule has 2 bridgehead atoms. The van der Waals surface area contributed by atoms with Crippen LogP contribution >= 0.6 is 0 Å². The third kappa shape index (κ3) is 3.19. The topological polar surface area (TPSA) is 48.1 Å². The highest BCUT2D eigenvalue weighted by atomic mass is 15.4. The Balaban J connectivity index is 1.78. The quantitative estimate of drug-likeness (QED) is 0.542. The lowest BCUT2D eigenvalue weighted by atomic mass is 9.69. The van der Waals surface area contributed by atoms with Crippen LogP contribution in [0.25, 0.3) is 0 Å². The van der Waals surface area contributed by atoms with Crippen molar-refractivity contribution in [2.75, 3.05) is 19.6 Å². The molecule has 0 aromatic heterocycles. The lowest BCUT2D eigenvalue weighted by Gasteiger charge is -2.45. The maximum Gasteiger partial charge on any atom is 0.0433 e. The molecular weight excluding hydrogens is 248 g/mol. The van der Waals surface area contributed by atoms with E-state index in [0.29, 0.717) is 18.1 Å². The number of rotatable bonds is 0. The van der Waals surface area contributed by atoms with Gasteiger partial charge < -0.3 is 10.6 Å². The average molecular weight is 282 g/mol. The van der Waals surface area contributed by atoms with Crippen LogP contribution < -0.4 is 21.5 Å². The molecule has 7 unspecified atom stereocenters. The first-order chi connectivity index (χ1) is 10.5. The molecule has 0 aromatic carbocycles. The Hall–Kier alpha value is -0.160. The lowest BCUT2D eigenvalue weighted by Crippen LogP contribution is -2.57. The van der Waals surface area contributed by atoms with Gasteiger partial charge in [-0.2, -0.15) is 0 Å². The maximum atomic E-state index is 8.34. The van der Waals surface area contributed by atoms with Crippen molar-refractivity contribution in [1.29, 1.82) is 0 Å². The molecular formula is C16H32N4. The minimum absolute atomic E-state index is 0.226. The van der Waals surface area contributed by atoms with Crippen molar-refractivity contribution in [2.45, 2.75) is 70.5 Å². The summed E-state index contributed by atoms with van der Waals surface area (Å²) in [5.74, 6) is 0.226. The minimum atomic E-state index is -0.289. The predicted molar refractivity (Wildman–Crippen MR) is 83.5 cm³/mol. The van der Waals surface area contributed by atoms with Gasteiger partial charge >= 0.3 is 0 Å². The average Bonchev–Trinajstić information content (AvgIpc) is 2.98. The number of fused-ring (bicyclic) bond motifs is 4. The molecule has 7 atom stereocenters.